The van der Waals surface area contributed by atoms with Gasteiger partial charge in [0, 0.05) is 12.3 Å². The molecular weight excluding hydrogens is 216 g/mol. The van der Waals surface area contributed by atoms with Crippen molar-refractivity contribution in [2.24, 2.45) is 0 Å². The van der Waals surface area contributed by atoms with Crippen molar-refractivity contribution in [3.8, 4) is 0 Å². The molecular formula is C13H14N2O2. The van der Waals surface area contributed by atoms with Crippen LogP contribution in [0.3, 0.4) is 0 Å². The van der Waals surface area contributed by atoms with Gasteiger partial charge in [-0.2, -0.15) is 0 Å². The standard InChI is InChI=1S/C13H14N2O2/c1-9(2)6-7-10-8-14-11-4-3-5-12(13(10)11)15(16)17/h3-6,8,14H,7H2,1-2H3. The third kappa shape index (κ3) is 2.20. The first kappa shape index (κ1) is 11.4. The molecule has 0 radical (unpaired) electrons. The number of rotatable bonds is 3. The van der Waals surface area contributed by atoms with Crippen LogP contribution in [-0.4, -0.2) is 9.91 Å². The van der Waals surface area contributed by atoms with Crippen molar-refractivity contribution in [1.82, 2.24) is 4.98 Å². The minimum Gasteiger partial charge on any atom is -0.361 e. The Hall–Kier alpha value is -2.10. The molecule has 0 aliphatic carbocycles. The van der Waals surface area contributed by atoms with E-state index in [-0.39, 0.29) is 10.6 Å². The van der Waals surface area contributed by atoms with E-state index in [0.717, 1.165) is 16.5 Å². The predicted octanol–water partition coefficient (Wildman–Crippen LogP) is 3.58. The number of fused-ring (bicyclic) bond motifs is 1. The molecule has 1 N–H and O–H groups in total. The van der Waals surface area contributed by atoms with Gasteiger partial charge in [-0.15, -0.1) is 0 Å². The molecule has 88 valence electrons. The Balaban J connectivity index is 2.57. The monoisotopic (exact) mass is 230 g/mol. The molecule has 0 aliphatic rings. The number of hydrogen-bond donors (Lipinski definition) is 1. The lowest BCUT2D eigenvalue weighted by molar-refractivity contribution is -0.383. The van der Waals surface area contributed by atoms with E-state index in [1.165, 1.54) is 5.57 Å². The number of allylic oxidation sites excluding steroid dienone is 2. The van der Waals surface area contributed by atoms with Crippen LogP contribution in [0, 0.1) is 10.1 Å². The molecule has 1 aromatic heterocycles. The largest absolute Gasteiger partial charge is 0.361 e. The Morgan fingerprint density at radius 3 is 2.88 bits per heavy atom. The van der Waals surface area contributed by atoms with Crippen molar-refractivity contribution in [3.05, 3.63) is 51.7 Å². The van der Waals surface area contributed by atoms with Crippen LogP contribution in [0.4, 0.5) is 5.69 Å². The van der Waals surface area contributed by atoms with E-state index < -0.39 is 0 Å². The first-order valence-electron chi connectivity index (χ1n) is 5.46. The normalized spacial score (nSPS) is 10.5. The van der Waals surface area contributed by atoms with Gasteiger partial charge < -0.3 is 4.98 Å². The highest BCUT2D eigenvalue weighted by Crippen LogP contribution is 2.28. The Morgan fingerprint density at radius 1 is 1.47 bits per heavy atom. The van der Waals surface area contributed by atoms with Crippen LogP contribution >= 0.6 is 0 Å². The number of hydrogen-bond acceptors (Lipinski definition) is 2. The fourth-order valence-electron chi connectivity index (χ4n) is 1.86. The molecule has 4 nitrogen and oxygen atoms in total. The number of nitrogens with zero attached hydrogens (tertiary/aromatic N) is 1. The molecule has 17 heavy (non-hydrogen) atoms. The van der Waals surface area contributed by atoms with Crippen LogP contribution in [0.25, 0.3) is 10.9 Å². The quantitative estimate of drug-likeness (QED) is 0.497. The topological polar surface area (TPSA) is 58.9 Å². The third-order valence-corrected chi connectivity index (χ3v) is 2.69. The first-order valence-corrected chi connectivity index (χ1v) is 5.46. The zero-order valence-electron chi connectivity index (χ0n) is 9.86. The zero-order valence-corrected chi connectivity index (χ0v) is 9.86. The van der Waals surface area contributed by atoms with Crippen LogP contribution in [0.1, 0.15) is 19.4 Å². The number of nitro benzene ring substituents is 1. The van der Waals surface area contributed by atoms with E-state index in [2.05, 4.69) is 11.1 Å². The molecule has 0 amide bonds. The summed E-state index contributed by atoms with van der Waals surface area (Å²) in [6.07, 6.45) is 4.63. The lowest BCUT2D eigenvalue weighted by atomic mass is 10.1. The summed E-state index contributed by atoms with van der Waals surface area (Å²) in [6, 6.07) is 5.10. The highest BCUT2D eigenvalue weighted by molar-refractivity contribution is 5.91. The van der Waals surface area contributed by atoms with Gasteiger partial charge in [0.05, 0.1) is 15.8 Å². The number of nitrogens with one attached hydrogen (secondary N) is 1. The molecule has 0 saturated heterocycles. The average molecular weight is 230 g/mol. The Bertz CT molecular complexity index is 592. The first-order chi connectivity index (χ1) is 8.09. The lowest BCUT2D eigenvalue weighted by Crippen LogP contribution is -1.90. The summed E-state index contributed by atoms with van der Waals surface area (Å²) in [6.45, 7) is 4.03. The molecule has 0 aliphatic heterocycles. The van der Waals surface area contributed by atoms with Crippen LogP contribution < -0.4 is 0 Å². The fraction of sp³-hybridized carbons (Fsp3) is 0.231. The lowest BCUT2D eigenvalue weighted by Gasteiger charge is -1.97. The predicted molar refractivity (Wildman–Crippen MR) is 68.1 cm³/mol. The van der Waals surface area contributed by atoms with Crippen molar-refractivity contribution in [1.29, 1.82) is 0 Å². The van der Waals surface area contributed by atoms with Crippen LogP contribution in [-0.2, 0) is 6.42 Å². The van der Waals surface area contributed by atoms with Crippen LogP contribution in [0.2, 0.25) is 0 Å². The van der Waals surface area contributed by atoms with E-state index in [0.29, 0.717) is 6.42 Å². The summed E-state index contributed by atoms with van der Waals surface area (Å²) in [5.41, 5.74) is 3.16. The average Bonchev–Trinajstić information content (AvgIpc) is 2.69. The van der Waals surface area contributed by atoms with E-state index in [1.54, 1.807) is 12.1 Å². The van der Waals surface area contributed by atoms with E-state index in [1.807, 2.05) is 26.1 Å². The molecule has 0 bridgehead atoms. The van der Waals surface area contributed by atoms with Crippen molar-refractivity contribution < 1.29 is 4.92 Å². The van der Waals surface area contributed by atoms with Gasteiger partial charge in [-0.3, -0.25) is 10.1 Å². The van der Waals surface area contributed by atoms with Gasteiger partial charge >= 0.3 is 0 Å². The van der Waals surface area contributed by atoms with E-state index in [9.17, 15) is 10.1 Å². The Kier molecular flexibility index (Phi) is 2.95. The molecule has 0 atom stereocenters. The molecule has 2 rings (SSSR count). The maximum Gasteiger partial charge on any atom is 0.279 e. The second-order valence-electron chi connectivity index (χ2n) is 4.26. The van der Waals surface area contributed by atoms with Crippen molar-refractivity contribution in [2.45, 2.75) is 20.3 Å². The van der Waals surface area contributed by atoms with Gasteiger partial charge in [-0.1, -0.05) is 17.7 Å². The van der Waals surface area contributed by atoms with Crippen molar-refractivity contribution >= 4 is 16.6 Å². The summed E-state index contributed by atoms with van der Waals surface area (Å²) < 4.78 is 0. The summed E-state index contributed by atoms with van der Waals surface area (Å²) in [7, 11) is 0. The molecule has 0 spiro atoms. The highest BCUT2D eigenvalue weighted by atomic mass is 16.6. The van der Waals surface area contributed by atoms with E-state index in [4.69, 9.17) is 0 Å². The third-order valence-electron chi connectivity index (χ3n) is 2.69. The van der Waals surface area contributed by atoms with Crippen molar-refractivity contribution in [3.63, 3.8) is 0 Å². The molecule has 2 aromatic rings. The number of benzene rings is 1. The Morgan fingerprint density at radius 2 is 2.24 bits per heavy atom. The second kappa shape index (κ2) is 4.41. The molecule has 4 heteroatoms. The smallest absolute Gasteiger partial charge is 0.279 e. The summed E-state index contributed by atoms with van der Waals surface area (Å²) >= 11 is 0. The van der Waals surface area contributed by atoms with Crippen LogP contribution in [0.15, 0.2) is 36.0 Å². The summed E-state index contributed by atoms with van der Waals surface area (Å²) in [4.78, 5) is 13.7. The zero-order chi connectivity index (χ0) is 12.4. The van der Waals surface area contributed by atoms with Gasteiger partial charge in [0.25, 0.3) is 5.69 Å². The maximum atomic E-state index is 11.0. The van der Waals surface area contributed by atoms with Gasteiger partial charge in [-0.05, 0) is 31.9 Å². The Labute approximate surface area is 99.1 Å². The summed E-state index contributed by atoms with van der Waals surface area (Å²) in [5, 5.41) is 11.7. The van der Waals surface area contributed by atoms with Gasteiger partial charge in [-0.25, -0.2) is 0 Å². The van der Waals surface area contributed by atoms with E-state index >= 15 is 0 Å². The molecule has 0 unspecified atom stereocenters. The molecule has 1 heterocycles. The van der Waals surface area contributed by atoms with Crippen molar-refractivity contribution in [2.75, 3.05) is 0 Å². The number of non-ortho nitro benzene ring substituents is 1. The number of aromatic amines is 1. The number of H-pyrrole nitrogens is 1. The molecule has 0 saturated carbocycles. The maximum absolute atomic E-state index is 11.0. The minimum atomic E-state index is -0.331. The van der Waals surface area contributed by atoms with Gasteiger partial charge in [0.1, 0.15) is 0 Å². The SMILES string of the molecule is CC(C)=CCc1c[nH]c2cccc([N+](=O)[O-])c12. The highest BCUT2D eigenvalue weighted by Gasteiger charge is 2.15. The van der Waals surface area contributed by atoms with Gasteiger partial charge in [0.2, 0.25) is 0 Å². The minimum absolute atomic E-state index is 0.168. The number of nitro groups is 1. The summed E-state index contributed by atoms with van der Waals surface area (Å²) in [5.74, 6) is 0. The number of aromatic nitrogens is 1. The van der Waals surface area contributed by atoms with Gasteiger partial charge in [0.15, 0.2) is 0 Å². The molecule has 0 fully saturated rings. The second-order valence-corrected chi connectivity index (χ2v) is 4.26. The fourth-order valence-corrected chi connectivity index (χ4v) is 1.86. The molecule has 1 aromatic carbocycles. The van der Waals surface area contributed by atoms with Crippen LogP contribution in [0.5, 0.6) is 0 Å².